The van der Waals surface area contributed by atoms with Gasteiger partial charge in [-0.2, -0.15) is 0 Å². The quantitative estimate of drug-likeness (QED) is 0.717. The maximum atomic E-state index is 12.6. The summed E-state index contributed by atoms with van der Waals surface area (Å²) in [7, 11) is 0. The Balaban J connectivity index is 2.28. The Morgan fingerprint density at radius 3 is 2.30 bits per heavy atom. The molecule has 0 radical (unpaired) electrons. The summed E-state index contributed by atoms with van der Waals surface area (Å²) in [6.07, 6.45) is 0. The molecule has 0 spiro atoms. The van der Waals surface area contributed by atoms with E-state index in [-0.39, 0.29) is 5.43 Å². The Bertz CT molecular complexity index is 950. The summed E-state index contributed by atoms with van der Waals surface area (Å²) in [4.78, 5) is 17.3. The second kappa shape index (κ2) is 5.65. The molecule has 0 atom stereocenters. The van der Waals surface area contributed by atoms with Crippen LogP contribution in [0, 0.1) is 34.6 Å². The summed E-state index contributed by atoms with van der Waals surface area (Å²) in [6.45, 7) is 10.7. The van der Waals surface area contributed by atoms with Crippen molar-refractivity contribution in [2.75, 3.05) is 0 Å². The van der Waals surface area contributed by atoms with E-state index in [2.05, 4.69) is 35.8 Å². The van der Waals surface area contributed by atoms with Gasteiger partial charge in [-0.3, -0.25) is 4.79 Å². The molecule has 0 saturated carbocycles. The van der Waals surface area contributed by atoms with Gasteiger partial charge in [0.15, 0.2) is 5.43 Å². The van der Waals surface area contributed by atoms with Gasteiger partial charge in [-0.15, -0.1) is 0 Å². The Morgan fingerprint density at radius 1 is 1.00 bits per heavy atom. The number of rotatable bonds is 2. The molecule has 2 heterocycles. The zero-order valence-corrected chi connectivity index (χ0v) is 14.4. The van der Waals surface area contributed by atoms with Crippen LogP contribution in [0.5, 0.6) is 0 Å². The Kier molecular flexibility index (Phi) is 3.80. The van der Waals surface area contributed by atoms with Gasteiger partial charge in [0.2, 0.25) is 0 Å². The van der Waals surface area contributed by atoms with Gasteiger partial charge in [0, 0.05) is 23.5 Å². The predicted octanol–water partition coefficient (Wildman–Crippen LogP) is 3.99. The van der Waals surface area contributed by atoms with Crippen molar-refractivity contribution in [3.8, 4) is 0 Å². The highest BCUT2D eigenvalue weighted by atomic mass is 16.1. The van der Waals surface area contributed by atoms with Gasteiger partial charge in [0.1, 0.15) is 5.65 Å². The largest absolute Gasteiger partial charge is 0.325 e. The number of hydrogen-bond acceptors (Lipinski definition) is 2. The molecule has 0 fully saturated rings. The molecule has 0 aliphatic rings. The Morgan fingerprint density at radius 2 is 1.65 bits per heavy atom. The van der Waals surface area contributed by atoms with E-state index in [1.165, 1.54) is 11.1 Å². The topological polar surface area (TPSA) is 34.9 Å². The second-order valence-electron chi connectivity index (χ2n) is 6.37. The van der Waals surface area contributed by atoms with Gasteiger partial charge in [-0.25, -0.2) is 4.98 Å². The summed E-state index contributed by atoms with van der Waals surface area (Å²) >= 11 is 0. The maximum absolute atomic E-state index is 12.6. The van der Waals surface area contributed by atoms with Gasteiger partial charge in [0.05, 0.1) is 5.39 Å². The van der Waals surface area contributed by atoms with E-state index in [9.17, 15) is 4.79 Å². The molecule has 3 nitrogen and oxygen atoms in total. The third-order valence-electron chi connectivity index (χ3n) is 4.70. The molecular weight excluding hydrogens is 284 g/mol. The molecule has 0 N–H and O–H groups in total. The highest BCUT2D eigenvalue weighted by molar-refractivity contribution is 5.77. The highest BCUT2D eigenvalue weighted by Gasteiger charge is 2.14. The van der Waals surface area contributed by atoms with Crippen molar-refractivity contribution in [3.05, 3.63) is 74.2 Å². The first-order chi connectivity index (χ1) is 10.9. The SMILES string of the molecule is Cc1ccc(Cn2c(C)c(C)c(=O)c3cc(C)c(C)nc32)cc1. The molecule has 0 saturated heterocycles. The number of aryl methyl sites for hydroxylation is 3. The van der Waals surface area contributed by atoms with Crippen LogP contribution in [0.4, 0.5) is 0 Å². The number of aromatic nitrogens is 2. The fourth-order valence-electron chi connectivity index (χ4n) is 2.86. The van der Waals surface area contributed by atoms with Crippen LogP contribution in [-0.2, 0) is 6.54 Å². The lowest BCUT2D eigenvalue weighted by molar-refractivity contribution is 0.771. The Labute approximate surface area is 136 Å². The number of fused-ring (bicyclic) bond motifs is 1. The summed E-state index contributed by atoms with van der Waals surface area (Å²) in [6, 6.07) is 10.5. The van der Waals surface area contributed by atoms with Crippen LogP contribution >= 0.6 is 0 Å². The van der Waals surface area contributed by atoms with Gasteiger partial charge in [-0.1, -0.05) is 29.8 Å². The van der Waals surface area contributed by atoms with Crippen molar-refractivity contribution in [1.82, 2.24) is 9.55 Å². The Hall–Kier alpha value is -2.42. The van der Waals surface area contributed by atoms with E-state index in [1.807, 2.05) is 33.8 Å². The minimum Gasteiger partial charge on any atom is -0.325 e. The van der Waals surface area contributed by atoms with Crippen molar-refractivity contribution >= 4 is 11.0 Å². The van der Waals surface area contributed by atoms with Gasteiger partial charge in [-0.05, 0) is 51.8 Å². The van der Waals surface area contributed by atoms with E-state index < -0.39 is 0 Å². The monoisotopic (exact) mass is 306 g/mol. The van der Waals surface area contributed by atoms with Gasteiger partial charge in [0.25, 0.3) is 0 Å². The van der Waals surface area contributed by atoms with Crippen LogP contribution in [0.1, 0.15) is 33.6 Å². The highest BCUT2D eigenvalue weighted by Crippen LogP contribution is 2.19. The van der Waals surface area contributed by atoms with E-state index in [0.29, 0.717) is 5.39 Å². The zero-order chi connectivity index (χ0) is 16.7. The lowest BCUT2D eigenvalue weighted by Gasteiger charge is -2.17. The molecule has 3 heteroatoms. The van der Waals surface area contributed by atoms with Crippen molar-refractivity contribution in [1.29, 1.82) is 0 Å². The molecule has 3 rings (SSSR count). The maximum Gasteiger partial charge on any atom is 0.194 e. The third-order valence-corrected chi connectivity index (χ3v) is 4.70. The first-order valence-electron chi connectivity index (χ1n) is 7.92. The lowest BCUT2D eigenvalue weighted by atomic mass is 10.1. The summed E-state index contributed by atoms with van der Waals surface area (Å²) in [5, 5.41) is 0.711. The fraction of sp³-hybridized carbons (Fsp3) is 0.300. The van der Waals surface area contributed by atoms with E-state index >= 15 is 0 Å². The number of pyridine rings is 2. The van der Waals surface area contributed by atoms with Gasteiger partial charge >= 0.3 is 0 Å². The standard InChI is InChI=1S/C20H22N2O/c1-12-6-8-17(9-7-12)11-22-16(5)14(3)19(23)18-10-13(2)15(4)21-20(18)22/h6-10H,11H2,1-5H3. The number of nitrogens with zero attached hydrogens (tertiary/aromatic N) is 2. The van der Waals surface area contributed by atoms with Crippen molar-refractivity contribution in [2.45, 2.75) is 41.2 Å². The molecule has 1 aromatic carbocycles. The molecule has 3 aromatic rings. The van der Waals surface area contributed by atoms with Crippen LogP contribution in [0.2, 0.25) is 0 Å². The average molecular weight is 306 g/mol. The first-order valence-corrected chi connectivity index (χ1v) is 7.92. The molecule has 0 aliphatic carbocycles. The minimum absolute atomic E-state index is 0.0910. The second-order valence-corrected chi connectivity index (χ2v) is 6.37. The molecule has 0 amide bonds. The molecule has 23 heavy (non-hydrogen) atoms. The smallest absolute Gasteiger partial charge is 0.194 e. The molecule has 0 bridgehead atoms. The average Bonchev–Trinajstić information content (AvgIpc) is 2.53. The number of hydrogen-bond donors (Lipinski definition) is 0. The van der Waals surface area contributed by atoms with E-state index in [0.717, 1.165) is 34.7 Å². The summed E-state index contributed by atoms with van der Waals surface area (Å²) < 4.78 is 2.16. The molecule has 0 unspecified atom stereocenters. The van der Waals surface area contributed by atoms with Crippen molar-refractivity contribution < 1.29 is 0 Å². The minimum atomic E-state index is 0.0910. The zero-order valence-electron chi connectivity index (χ0n) is 14.4. The third kappa shape index (κ3) is 2.67. The van der Waals surface area contributed by atoms with Crippen molar-refractivity contribution in [3.63, 3.8) is 0 Å². The van der Waals surface area contributed by atoms with E-state index in [4.69, 9.17) is 4.98 Å². The molecular formula is C20H22N2O. The molecule has 0 aliphatic heterocycles. The van der Waals surface area contributed by atoms with E-state index in [1.54, 1.807) is 0 Å². The summed E-state index contributed by atoms with van der Waals surface area (Å²) in [5.74, 6) is 0. The normalized spacial score (nSPS) is 11.2. The van der Waals surface area contributed by atoms with Crippen LogP contribution in [0.15, 0.2) is 35.1 Å². The predicted molar refractivity (Wildman–Crippen MR) is 95.2 cm³/mol. The van der Waals surface area contributed by atoms with Crippen LogP contribution in [0.25, 0.3) is 11.0 Å². The fourth-order valence-corrected chi connectivity index (χ4v) is 2.86. The molecule has 118 valence electrons. The van der Waals surface area contributed by atoms with Crippen LogP contribution < -0.4 is 5.43 Å². The molecule has 2 aromatic heterocycles. The first kappa shape index (κ1) is 15.5. The van der Waals surface area contributed by atoms with Crippen LogP contribution in [0.3, 0.4) is 0 Å². The lowest BCUT2D eigenvalue weighted by Crippen LogP contribution is -2.18. The van der Waals surface area contributed by atoms with Crippen LogP contribution in [-0.4, -0.2) is 9.55 Å². The van der Waals surface area contributed by atoms with Crippen molar-refractivity contribution in [2.24, 2.45) is 0 Å². The number of benzene rings is 1. The summed E-state index contributed by atoms with van der Waals surface area (Å²) in [5.41, 5.74) is 7.14. The van der Waals surface area contributed by atoms with Gasteiger partial charge < -0.3 is 4.57 Å².